The number of carbonyl (C=O) groups is 9. The first-order valence-electron chi connectivity index (χ1n) is 16.2. The van der Waals surface area contributed by atoms with Crippen molar-refractivity contribution in [2.75, 3.05) is 88.4 Å². The number of Topliss-reactive ketones (excluding diaryl/α,β-unsaturated/α-hetero) is 2. The Bertz CT molecular complexity index is 1190. The molecule has 21 heteroatoms. The molecular weight excluding hydrogens is 828 g/mol. The van der Waals surface area contributed by atoms with Crippen molar-refractivity contribution < 1.29 is 100.0 Å². The van der Waals surface area contributed by atoms with E-state index in [1.807, 2.05) is 0 Å². The quantitative estimate of drug-likeness (QED) is 0.0600. The first kappa shape index (κ1) is 81.3. The summed E-state index contributed by atoms with van der Waals surface area (Å²) in [5.74, 6) is -6.28. The highest BCUT2D eigenvalue weighted by Gasteiger charge is 2.23. The number of esters is 7. The second-order valence-corrected chi connectivity index (χ2v) is 10.9. The van der Waals surface area contributed by atoms with E-state index < -0.39 is 97.9 Å². The molecule has 0 heterocycles. The van der Waals surface area contributed by atoms with Crippen LogP contribution in [0.2, 0.25) is 0 Å². The van der Waals surface area contributed by atoms with Gasteiger partial charge in [0.2, 0.25) is 0 Å². The van der Waals surface area contributed by atoms with Crippen LogP contribution in [0.1, 0.15) is 106 Å². The number of ether oxygens (including phenoxy) is 12. The standard InChI is InChI=1S/C17H26O11.C16H26O10.8CH4/c1-11(18)5-15(20)27-10-14(9-25-12(2)19)28-17(22)6-16(21)26-8-13(24-4)7-23-3;1-11(17)5-14(18)24-9-13(23-4)10-26-16(20)6-15(19)25-8-12(22-3)7-21-2;;;;;;;;/h13-14H,5-10H2,1-4H3;12-13H,5-10H2,1-4H3;8*1H4. The Kier molecular flexibility index (Phi) is 66.6. The summed E-state index contributed by atoms with van der Waals surface area (Å²) in [7, 11) is 7.14. The summed E-state index contributed by atoms with van der Waals surface area (Å²) < 4.78 is 58.7. The van der Waals surface area contributed by atoms with Crippen LogP contribution in [-0.2, 0) is 100.0 Å². The maximum atomic E-state index is 11.9. The smallest absolute Gasteiger partial charge is 0.317 e. The normalized spacial score (nSPS) is 11.0. The minimum atomic E-state index is -1.14. The molecule has 4 atom stereocenters. The average molecular weight is 913 g/mol. The zero-order valence-electron chi connectivity index (χ0n) is 31.9. The summed E-state index contributed by atoms with van der Waals surface area (Å²) in [6.45, 7) is 2.65. The lowest BCUT2D eigenvalue weighted by atomic mass is 10.3. The van der Waals surface area contributed by atoms with E-state index in [4.69, 9.17) is 56.8 Å². The number of methoxy groups -OCH3 is 5. The molecule has 0 aromatic carbocycles. The Morgan fingerprint density at radius 1 is 0.323 bits per heavy atom. The van der Waals surface area contributed by atoms with Crippen LogP contribution in [0.15, 0.2) is 0 Å². The van der Waals surface area contributed by atoms with Gasteiger partial charge in [0.05, 0.1) is 13.2 Å². The van der Waals surface area contributed by atoms with E-state index >= 15 is 0 Å². The van der Waals surface area contributed by atoms with Crippen molar-refractivity contribution in [3.8, 4) is 0 Å². The van der Waals surface area contributed by atoms with Crippen molar-refractivity contribution in [3.63, 3.8) is 0 Å². The minimum absolute atomic E-state index is 0. The van der Waals surface area contributed by atoms with Crippen LogP contribution in [0.5, 0.6) is 0 Å². The SMILES string of the molecule is C.C.C.C.C.C.C.C.COCC(COC(=O)CC(=O)OC(COC(C)=O)COC(=O)CC(C)=O)OC.COCC(COC(=O)CC(=O)OCC(COC(=O)CC(C)=O)OC)OC. The maximum absolute atomic E-state index is 11.9. The summed E-state index contributed by atoms with van der Waals surface area (Å²) >= 11 is 0. The number of carbonyl (C=O) groups excluding carboxylic acids is 9. The average Bonchev–Trinajstić information content (AvgIpc) is 3.09. The fourth-order valence-electron chi connectivity index (χ4n) is 3.31. The fraction of sp³-hybridized carbons (Fsp3) is 0.780. The molecule has 0 aliphatic rings. The maximum Gasteiger partial charge on any atom is 0.317 e. The lowest BCUT2D eigenvalue weighted by molar-refractivity contribution is -0.170. The van der Waals surface area contributed by atoms with Gasteiger partial charge in [-0.1, -0.05) is 59.4 Å². The van der Waals surface area contributed by atoms with Crippen LogP contribution < -0.4 is 0 Å². The Morgan fingerprint density at radius 2 is 0.565 bits per heavy atom. The van der Waals surface area contributed by atoms with E-state index in [-0.39, 0.29) is 118 Å². The minimum Gasteiger partial charge on any atom is -0.462 e. The Morgan fingerprint density at radius 3 is 0.823 bits per heavy atom. The molecule has 0 rings (SSSR count). The van der Waals surface area contributed by atoms with Gasteiger partial charge < -0.3 is 56.8 Å². The second kappa shape index (κ2) is 50.8. The molecule has 62 heavy (non-hydrogen) atoms. The van der Waals surface area contributed by atoms with Gasteiger partial charge in [0.1, 0.15) is 95.2 Å². The van der Waals surface area contributed by atoms with Crippen molar-refractivity contribution in [2.45, 2.75) is 130 Å². The van der Waals surface area contributed by atoms with Crippen molar-refractivity contribution >= 4 is 53.4 Å². The molecular formula is C41H84O21. The van der Waals surface area contributed by atoms with Crippen LogP contribution in [0.3, 0.4) is 0 Å². The third-order valence-corrected chi connectivity index (χ3v) is 5.99. The summed E-state index contributed by atoms with van der Waals surface area (Å²) in [5.41, 5.74) is 0. The Balaban J connectivity index is -0.0000000968. The molecule has 0 aliphatic carbocycles. The molecule has 21 nitrogen and oxygen atoms in total. The predicted octanol–water partition coefficient (Wildman–Crippen LogP) is 4.33. The number of hydrogen-bond acceptors (Lipinski definition) is 21. The van der Waals surface area contributed by atoms with Crippen LogP contribution in [0.25, 0.3) is 0 Å². The zero-order valence-corrected chi connectivity index (χ0v) is 31.9. The van der Waals surface area contributed by atoms with Gasteiger partial charge in [-0.15, -0.1) is 0 Å². The predicted molar refractivity (Wildman–Crippen MR) is 231 cm³/mol. The van der Waals surface area contributed by atoms with E-state index in [0.717, 1.165) is 6.92 Å². The van der Waals surface area contributed by atoms with Crippen LogP contribution in [0, 0.1) is 0 Å². The van der Waals surface area contributed by atoms with Gasteiger partial charge in [0.25, 0.3) is 0 Å². The molecule has 0 aromatic rings. The van der Waals surface area contributed by atoms with Crippen LogP contribution in [-0.4, -0.2) is 166 Å². The highest BCUT2D eigenvalue weighted by Crippen LogP contribution is 2.04. The van der Waals surface area contributed by atoms with Crippen LogP contribution in [0.4, 0.5) is 0 Å². The number of ketones is 2. The van der Waals surface area contributed by atoms with Crippen molar-refractivity contribution in [1.82, 2.24) is 0 Å². The molecule has 0 aliphatic heterocycles. The van der Waals surface area contributed by atoms with E-state index in [0.29, 0.717) is 0 Å². The molecule has 0 aromatic heterocycles. The molecule has 4 unspecified atom stereocenters. The lowest BCUT2D eigenvalue weighted by Gasteiger charge is -2.18. The van der Waals surface area contributed by atoms with Gasteiger partial charge in [0, 0.05) is 42.5 Å². The summed E-state index contributed by atoms with van der Waals surface area (Å²) in [5, 5.41) is 0. The Labute approximate surface area is 371 Å². The third-order valence-electron chi connectivity index (χ3n) is 5.99. The molecule has 0 radical (unpaired) electrons. The number of rotatable bonds is 28. The molecule has 0 spiro atoms. The molecule has 0 saturated carbocycles. The van der Waals surface area contributed by atoms with E-state index in [1.54, 1.807) is 0 Å². The summed E-state index contributed by atoms with van der Waals surface area (Å²) in [6.07, 6.45) is -4.84. The molecule has 0 saturated heterocycles. The van der Waals surface area contributed by atoms with Gasteiger partial charge in [-0.25, -0.2) is 0 Å². The molecule has 0 N–H and O–H groups in total. The molecule has 0 fully saturated rings. The van der Waals surface area contributed by atoms with Crippen molar-refractivity contribution in [3.05, 3.63) is 0 Å². The topological polar surface area (TPSA) is 264 Å². The van der Waals surface area contributed by atoms with Gasteiger partial charge in [-0.3, -0.25) is 43.2 Å². The monoisotopic (exact) mass is 913 g/mol. The van der Waals surface area contributed by atoms with E-state index in [9.17, 15) is 43.2 Å². The van der Waals surface area contributed by atoms with Crippen LogP contribution >= 0.6 is 0 Å². The fourth-order valence-corrected chi connectivity index (χ4v) is 3.31. The van der Waals surface area contributed by atoms with Crippen molar-refractivity contribution in [2.24, 2.45) is 0 Å². The lowest BCUT2D eigenvalue weighted by Crippen LogP contribution is -2.32. The third kappa shape index (κ3) is 49.8. The highest BCUT2D eigenvalue weighted by molar-refractivity contribution is 5.94. The van der Waals surface area contributed by atoms with Gasteiger partial charge in [-0.05, 0) is 13.8 Å². The summed E-state index contributed by atoms with van der Waals surface area (Å²) in [4.78, 5) is 102. The largest absolute Gasteiger partial charge is 0.462 e. The van der Waals surface area contributed by atoms with E-state index in [1.165, 1.54) is 49.4 Å². The Hall–Kier alpha value is -4.57. The highest BCUT2D eigenvalue weighted by atomic mass is 16.6. The first-order chi connectivity index (χ1) is 25.5. The first-order valence-corrected chi connectivity index (χ1v) is 16.2. The van der Waals surface area contributed by atoms with Gasteiger partial charge in [0.15, 0.2) is 6.10 Å². The van der Waals surface area contributed by atoms with Crippen molar-refractivity contribution in [1.29, 1.82) is 0 Å². The summed E-state index contributed by atoms with van der Waals surface area (Å²) in [6, 6.07) is 0. The van der Waals surface area contributed by atoms with E-state index in [2.05, 4.69) is 0 Å². The molecule has 0 amide bonds. The number of hydrogen-bond donors (Lipinski definition) is 0. The molecule has 374 valence electrons. The zero-order chi connectivity index (χ0) is 41.5. The van der Waals surface area contributed by atoms with Gasteiger partial charge >= 0.3 is 41.8 Å². The van der Waals surface area contributed by atoms with Gasteiger partial charge in [-0.2, -0.15) is 0 Å². The molecule has 0 bridgehead atoms. The second-order valence-electron chi connectivity index (χ2n) is 10.9.